The molecule has 1 aliphatic rings. The number of rotatable bonds is 10. The Bertz CT molecular complexity index is 644. The Labute approximate surface area is 167 Å². The number of unbranched alkanes of at least 4 members (excludes halogenated alkanes) is 3. The van der Waals surface area contributed by atoms with Gasteiger partial charge in [-0.15, -0.1) is 4.37 Å². The molecule has 2 heterocycles. The van der Waals surface area contributed by atoms with Gasteiger partial charge in [-0.1, -0.05) is 46.1 Å². The van der Waals surface area contributed by atoms with Gasteiger partial charge in [0.1, 0.15) is 12.2 Å². The molecule has 1 aromatic rings. The van der Waals surface area contributed by atoms with Crippen LogP contribution in [0.4, 0.5) is 0 Å². The van der Waals surface area contributed by atoms with Gasteiger partial charge >= 0.3 is 5.97 Å². The molecule has 0 spiro atoms. The highest BCUT2D eigenvalue weighted by Crippen LogP contribution is 2.31. The van der Waals surface area contributed by atoms with E-state index in [4.69, 9.17) is 9.47 Å². The Morgan fingerprint density at radius 2 is 2.04 bits per heavy atom. The van der Waals surface area contributed by atoms with Gasteiger partial charge in [-0.2, -0.15) is 4.37 Å². The van der Waals surface area contributed by atoms with Gasteiger partial charge < -0.3 is 9.47 Å². The average molecular weight is 397 g/mol. The average Bonchev–Trinajstić information content (AvgIpc) is 3.10. The summed E-state index contributed by atoms with van der Waals surface area (Å²) in [5.41, 5.74) is 1.98. The Hall–Kier alpha value is -1.47. The van der Waals surface area contributed by atoms with Crippen LogP contribution in [-0.4, -0.2) is 52.2 Å². The molecule has 6 nitrogen and oxygen atoms in total. The Morgan fingerprint density at radius 1 is 1.26 bits per heavy atom. The molecule has 1 aliphatic heterocycles. The second kappa shape index (κ2) is 10.2. The van der Waals surface area contributed by atoms with Crippen molar-refractivity contribution in [2.45, 2.75) is 66.0 Å². The lowest BCUT2D eigenvalue weighted by Crippen LogP contribution is -2.55. The van der Waals surface area contributed by atoms with Crippen LogP contribution >= 0.6 is 11.7 Å². The Kier molecular flexibility index (Phi) is 8.23. The first kappa shape index (κ1) is 21.8. The van der Waals surface area contributed by atoms with Gasteiger partial charge in [0, 0.05) is 18.9 Å². The van der Waals surface area contributed by atoms with E-state index in [-0.39, 0.29) is 18.1 Å². The zero-order chi connectivity index (χ0) is 19.9. The largest absolute Gasteiger partial charge is 0.475 e. The van der Waals surface area contributed by atoms with Gasteiger partial charge in [0.15, 0.2) is 0 Å². The number of carbonyl (C=O) groups is 1. The minimum Gasteiger partial charge on any atom is -0.475 e. The second-order valence-corrected chi connectivity index (χ2v) is 8.43. The molecular weight excluding hydrogens is 362 g/mol. The van der Waals surface area contributed by atoms with E-state index in [0.717, 1.165) is 37.2 Å². The van der Waals surface area contributed by atoms with Crippen molar-refractivity contribution in [1.82, 2.24) is 8.75 Å². The highest BCUT2D eigenvalue weighted by molar-refractivity contribution is 6.99. The standard InChI is InChI=1S/C20H34N3O3S/c1-6-7-8-9-13-25-19-18(21-27-22-19)17-11-10-12-23(5,14-17)16(4)26-20(24)15(2)3/h11,15-16H,6-10,12-14H2,1-5H3/q+1. The molecule has 152 valence electrons. The van der Waals surface area contributed by atoms with Crippen LogP contribution in [0.2, 0.25) is 0 Å². The van der Waals surface area contributed by atoms with E-state index in [1.165, 1.54) is 31.0 Å². The van der Waals surface area contributed by atoms with Crippen molar-refractivity contribution in [1.29, 1.82) is 0 Å². The summed E-state index contributed by atoms with van der Waals surface area (Å²) >= 11 is 1.19. The van der Waals surface area contributed by atoms with Crippen LogP contribution in [0.15, 0.2) is 6.08 Å². The number of aromatic nitrogens is 2. The van der Waals surface area contributed by atoms with Crippen LogP contribution in [0.25, 0.3) is 5.57 Å². The van der Waals surface area contributed by atoms with Gasteiger partial charge in [0.2, 0.25) is 6.23 Å². The van der Waals surface area contributed by atoms with Crippen molar-refractivity contribution in [2.75, 3.05) is 26.7 Å². The monoisotopic (exact) mass is 396 g/mol. The number of quaternary nitrogens is 1. The third-order valence-corrected chi connectivity index (χ3v) is 5.71. The molecule has 0 saturated heterocycles. The molecule has 27 heavy (non-hydrogen) atoms. The molecule has 0 bridgehead atoms. The van der Waals surface area contributed by atoms with E-state index >= 15 is 0 Å². The quantitative estimate of drug-likeness (QED) is 0.336. The Morgan fingerprint density at radius 3 is 2.74 bits per heavy atom. The fourth-order valence-corrected chi connectivity index (χ4v) is 3.68. The van der Waals surface area contributed by atoms with E-state index in [9.17, 15) is 4.79 Å². The first-order chi connectivity index (χ1) is 12.9. The number of likely N-dealkylation sites (N-methyl/N-ethyl adjacent to an activating group) is 1. The van der Waals surface area contributed by atoms with Gasteiger partial charge in [-0.05, 0) is 6.42 Å². The lowest BCUT2D eigenvalue weighted by atomic mass is 10.0. The van der Waals surface area contributed by atoms with Crippen molar-refractivity contribution >= 4 is 23.3 Å². The molecule has 0 amide bonds. The van der Waals surface area contributed by atoms with E-state index in [1.54, 1.807) is 0 Å². The topological polar surface area (TPSA) is 61.3 Å². The molecule has 0 N–H and O–H groups in total. The third-order valence-electron chi connectivity index (χ3n) is 5.20. The molecule has 0 saturated carbocycles. The Balaban J connectivity index is 2.00. The number of ether oxygens (including phenoxy) is 2. The first-order valence-corrected chi connectivity index (χ1v) is 10.8. The van der Waals surface area contributed by atoms with Gasteiger partial charge in [-0.3, -0.25) is 9.28 Å². The summed E-state index contributed by atoms with van der Waals surface area (Å²) in [5.74, 6) is 0.377. The summed E-state index contributed by atoms with van der Waals surface area (Å²) < 4.78 is 21.1. The van der Waals surface area contributed by atoms with E-state index < -0.39 is 0 Å². The maximum atomic E-state index is 12.0. The number of hydrogen-bond donors (Lipinski definition) is 0. The van der Waals surface area contributed by atoms with Crippen LogP contribution in [0.5, 0.6) is 5.88 Å². The van der Waals surface area contributed by atoms with E-state index in [0.29, 0.717) is 17.0 Å². The molecule has 2 rings (SSSR count). The van der Waals surface area contributed by atoms with Crippen LogP contribution in [0.1, 0.15) is 65.5 Å². The SMILES string of the molecule is CCCCCCOc1nsnc1C1=CCC[N+](C)(C(C)OC(=O)C(C)C)C1. The highest BCUT2D eigenvalue weighted by atomic mass is 32.1. The van der Waals surface area contributed by atoms with Crippen molar-refractivity contribution in [2.24, 2.45) is 5.92 Å². The van der Waals surface area contributed by atoms with Crippen LogP contribution in [-0.2, 0) is 9.53 Å². The second-order valence-electron chi connectivity index (χ2n) is 7.90. The lowest BCUT2D eigenvalue weighted by Gasteiger charge is -2.41. The smallest absolute Gasteiger partial charge is 0.312 e. The zero-order valence-electron chi connectivity index (χ0n) is 17.4. The fraction of sp³-hybridized carbons (Fsp3) is 0.750. The minimum absolute atomic E-state index is 0.116. The summed E-state index contributed by atoms with van der Waals surface area (Å²) in [7, 11) is 2.14. The predicted octanol–water partition coefficient (Wildman–Crippen LogP) is 4.28. The highest BCUT2D eigenvalue weighted by Gasteiger charge is 2.37. The molecule has 7 heteroatoms. The van der Waals surface area contributed by atoms with Gasteiger partial charge in [0.25, 0.3) is 5.88 Å². The summed E-state index contributed by atoms with van der Waals surface area (Å²) in [6, 6.07) is 0. The van der Waals surface area contributed by atoms with Crippen molar-refractivity contribution in [3.05, 3.63) is 11.8 Å². The molecular formula is C20H34N3O3S+. The molecule has 2 unspecified atom stereocenters. The zero-order valence-corrected chi connectivity index (χ0v) is 18.2. The maximum Gasteiger partial charge on any atom is 0.312 e. The van der Waals surface area contributed by atoms with Crippen molar-refractivity contribution in [3.63, 3.8) is 0 Å². The third kappa shape index (κ3) is 6.01. The van der Waals surface area contributed by atoms with Crippen molar-refractivity contribution < 1.29 is 18.8 Å². The number of esters is 1. The lowest BCUT2D eigenvalue weighted by molar-refractivity contribution is -0.944. The van der Waals surface area contributed by atoms with Crippen LogP contribution in [0, 0.1) is 5.92 Å². The van der Waals surface area contributed by atoms with Gasteiger partial charge in [-0.25, -0.2) is 0 Å². The molecule has 2 atom stereocenters. The summed E-state index contributed by atoms with van der Waals surface area (Å²) in [5, 5.41) is 0. The fourth-order valence-electron chi connectivity index (χ4n) is 3.15. The summed E-state index contributed by atoms with van der Waals surface area (Å²) in [6.45, 7) is 10.3. The van der Waals surface area contributed by atoms with E-state index in [2.05, 4.69) is 28.8 Å². The van der Waals surface area contributed by atoms with Crippen LogP contribution < -0.4 is 4.74 Å². The molecule has 0 aromatic carbocycles. The number of carbonyl (C=O) groups excluding carboxylic acids is 1. The first-order valence-electron chi connectivity index (χ1n) is 10.1. The minimum atomic E-state index is -0.200. The summed E-state index contributed by atoms with van der Waals surface area (Å²) in [6.07, 6.45) is 7.61. The number of hydrogen-bond acceptors (Lipinski definition) is 6. The van der Waals surface area contributed by atoms with Crippen molar-refractivity contribution in [3.8, 4) is 5.88 Å². The predicted molar refractivity (Wildman–Crippen MR) is 108 cm³/mol. The van der Waals surface area contributed by atoms with E-state index in [1.807, 2.05) is 20.8 Å². The maximum absolute atomic E-state index is 12.0. The number of nitrogens with zero attached hydrogens (tertiary/aromatic N) is 3. The van der Waals surface area contributed by atoms with Crippen LogP contribution in [0.3, 0.4) is 0 Å². The summed E-state index contributed by atoms with van der Waals surface area (Å²) in [4.78, 5) is 12.0. The molecule has 0 aliphatic carbocycles. The molecule has 0 fully saturated rings. The van der Waals surface area contributed by atoms with Gasteiger partial charge in [0.05, 0.1) is 37.8 Å². The normalized spacial score (nSPS) is 21.0. The molecule has 1 aromatic heterocycles. The molecule has 0 radical (unpaired) electrons.